The van der Waals surface area contributed by atoms with Gasteiger partial charge in [-0.05, 0) is 55.0 Å². The summed E-state index contributed by atoms with van der Waals surface area (Å²) < 4.78 is 7.12. The molecule has 10 nitrogen and oxygen atoms in total. The van der Waals surface area contributed by atoms with Gasteiger partial charge >= 0.3 is 5.69 Å². The van der Waals surface area contributed by atoms with Crippen molar-refractivity contribution < 1.29 is 9.53 Å². The lowest BCUT2D eigenvalue weighted by molar-refractivity contribution is -0.129. The molecule has 2 aromatic carbocycles. The van der Waals surface area contributed by atoms with E-state index in [9.17, 15) is 14.4 Å². The highest BCUT2D eigenvalue weighted by molar-refractivity contribution is 7.99. The van der Waals surface area contributed by atoms with Crippen molar-refractivity contribution in [3.63, 3.8) is 0 Å². The predicted octanol–water partition coefficient (Wildman–Crippen LogP) is 2.82. The summed E-state index contributed by atoms with van der Waals surface area (Å²) in [4.78, 5) is 43.4. The summed E-state index contributed by atoms with van der Waals surface area (Å²) in [6.07, 6.45) is 3.21. The number of nitrogens with zero attached hydrogens (tertiary/aromatic N) is 4. The van der Waals surface area contributed by atoms with Crippen molar-refractivity contribution in [3.8, 4) is 11.4 Å². The number of hydrogen-bond acceptors (Lipinski definition) is 7. The molecule has 3 heterocycles. The molecule has 1 aliphatic rings. The molecule has 202 valence electrons. The molecule has 0 aliphatic carbocycles. The van der Waals surface area contributed by atoms with Crippen LogP contribution >= 0.6 is 11.8 Å². The lowest BCUT2D eigenvalue weighted by Crippen LogP contribution is -2.39. The Kier molecular flexibility index (Phi) is 8.26. The lowest BCUT2D eigenvalue weighted by Gasteiger charge is -2.32. The lowest BCUT2D eigenvalue weighted by atomic mass is 9.90. The molecule has 0 bridgehead atoms. The van der Waals surface area contributed by atoms with Gasteiger partial charge in [-0.1, -0.05) is 42.1 Å². The second kappa shape index (κ2) is 12.2. The third-order valence-electron chi connectivity index (χ3n) is 6.85. The van der Waals surface area contributed by atoms with Crippen molar-refractivity contribution in [2.45, 2.75) is 30.8 Å². The second-order valence-electron chi connectivity index (χ2n) is 9.52. The quantitative estimate of drug-likeness (QED) is 0.309. The number of thioether (sulfide) groups is 1. The van der Waals surface area contributed by atoms with Crippen LogP contribution in [0.1, 0.15) is 29.9 Å². The van der Waals surface area contributed by atoms with Crippen molar-refractivity contribution in [1.29, 1.82) is 0 Å². The maximum atomic E-state index is 13.1. The van der Waals surface area contributed by atoms with Gasteiger partial charge in [0.1, 0.15) is 11.6 Å². The van der Waals surface area contributed by atoms with Crippen molar-refractivity contribution in [2.75, 3.05) is 26.0 Å². The smallest absolute Gasteiger partial charge is 0.325 e. The monoisotopic (exact) mass is 546 g/mol. The Labute approximate surface area is 229 Å². The number of likely N-dealkylation sites (tertiary alicyclic amines) is 1. The minimum Gasteiger partial charge on any atom is -0.497 e. The number of benzene rings is 2. The van der Waals surface area contributed by atoms with Gasteiger partial charge in [-0.2, -0.15) is 0 Å². The average Bonchev–Trinajstić information content (AvgIpc) is 3.34. The summed E-state index contributed by atoms with van der Waals surface area (Å²) in [5.74, 6) is 2.12. The van der Waals surface area contributed by atoms with Gasteiger partial charge in [0.2, 0.25) is 5.91 Å². The van der Waals surface area contributed by atoms with E-state index in [0.717, 1.165) is 38.0 Å². The Balaban J connectivity index is 1.28. The van der Waals surface area contributed by atoms with Crippen LogP contribution in [0.3, 0.4) is 0 Å². The molecular weight excluding hydrogens is 516 g/mol. The van der Waals surface area contributed by atoms with E-state index in [4.69, 9.17) is 4.74 Å². The minimum atomic E-state index is -0.583. The first kappa shape index (κ1) is 26.5. The standard InChI is InChI=1S/C28H30N6O4S/c1-38-23-9-7-22(8-10-23)34-24(16-21-17-25(35)30-27(37)29-21)31-32-28(34)39-18-26(36)33-13-11-20(12-14-33)15-19-5-3-2-4-6-19/h2-10,17,20H,11-16,18H2,1H3,(H2,29,30,35,37). The fraction of sp³-hybridized carbons (Fsp3) is 0.321. The number of aromatic amines is 2. The highest BCUT2D eigenvalue weighted by Crippen LogP contribution is 2.26. The van der Waals surface area contributed by atoms with Crippen LogP contribution in [0.25, 0.3) is 5.69 Å². The topological polar surface area (TPSA) is 126 Å². The number of aromatic nitrogens is 5. The maximum Gasteiger partial charge on any atom is 0.325 e. The second-order valence-corrected chi connectivity index (χ2v) is 10.5. The van der Waals surface area contributed by atoms with Crippen molar-refractivity contribution >= 4 is 17.7 Å². The van der Waals surface area contributed by atoms with Crippen LogP contribution in [0, 0.1) is 5.92 Å². The number of rotatable bonds is 9. The Bertz CT molecular complexity index is 1490. The third kappa shape index (κ3) is 6.66. The molecule has 1 saturated heterocycles. The van der Waals surface area contributed by atoms with Gasteiger partial charge in [0, 0.05) is 37.0 Å². The van der Waals surface area contributed by atoms with Crippen LogP contribution in [0.2, 0.25) is 0 Å². The van der Waals surface area contributed by atoms with Gasteiger partial charge in [0.25, 0.3) is 5.56 Å². The fourth-order valence-corrected chi connectivity index (χ4v) is 5.71. The first-order valence-corrected chi connectivity index (χ1v) is 13.8. The van der Waals surface area contributed by atoms with Gasteiger partial charge in [0.15, 0.2) is 5.16 Å². The van der Waals surface area contributed by atoms with Gasteiger partial charge < -0.3 is 14.6 Å². The molecule has 2 aromatic heterocycles. The molecule has 0 atom stereocenters. The van der Waals surface area contributed by atoms with E-state index in [2.05, 4.69) is 44.4 Å². The fourth-order valence-electron chi connectivity index (χ4n) is 4.84. The normalized spacial score (nSPS) is 13.9. The Morgan fingerprint density at radius 3 is 2.46 bits per heavy atom. The Morgan fingerprint density at radius 1 is 1.03 bits per heavy atom. The molecule has 2 N–H and O–H groups in total. The highest BCUT2D eigenvalue weighted by atomic mass is 32.2. The van der Waals surface area contributed by atoms with Crippen molar-refractivity contribution in [2.24, 2.45) is 5.92 Å². The zero-order valence-electron chi connectivity index (χ0n) is 21.6. The van der Waals surface area contributed by atoms with Crippen LogP contribution in [0.5, 0.6) is 5.75 Å². The van der Waals surface area contributed by atoms with E-state index < -0.39 is 11.2 Å². The van der Waals surface area contributed by atoms with E-state index in [1.54, 1.807) is 7.11 Å². The van der Waals surface area contributed by atoms with Gasteiger partial charge in [-0.3, -0.25) is 19.1 Å². The van der Waals surface area contributed by atoms with E-state index >= 15 is 0 Å². The van der Waals surface area contributed by atoms with Gasteiger partial charge in [-0.25, -0.2) is 4.79 Å². The summed E-state index contributed by atoms with van der Waals surface area (Å²) in [6.45, 7) is 1.51. The number of methoxy groups -OCH3 is 1. The zero-order chi connectivity index (χ0) is 27.2. The predicted molar refractivity (Wildman–Crippen MR) is 149 cm³/mol. The molecular formula is C28H30N6O4S. The van der Waals surface area contributed by atoms with Crippen molar-refractivity contribution in [3.05, 3.63) is 98.6 Å². The molecule has 0 radical (unpaired) electrons. The number of nitrogens with one attached hydrogen (secondary N) is 2. The number of carbonyl (C=O) groups excluding carboxylic acids is 1. The van der Waals surface area contributed by atoms with E-state index in [0.29, 0.717) is 28.3 Å². The van der Waals surface area contributed by atoms with Crippen molar-refractivity contribution in [1.82, 2.24) is 29.6 Å². The number of piperidine rings is 1. The molecule has 11 heteroatoms. The number of carbonyl (C=O) groups is 1. The van der Waals surface area contributed by atoms with Gasteiger partial charge in [0.05, 0.1) is 12.9 Å². The van der Waals surface area contributed by atoms with Gasteiger partial charge in [-0.15, -0.1) is 10.2 Å². The van der Waals surface area contributed by atoms with E-state index in [-0.39, 0.29) is 18.1 Å². The first-order valence-electron chi connectivity index (χ1n) is 12.8. The van der Waals surface area contributed by atoms with E-state index in [1.165, 1.54) is 23.4 Å². The molecule has 4 aromatic rings. The molecule has 1 aliphatic heterocycles. The van der Waals surface area contributed by atoms with Crippen LogP contribution in [0.4, 0.5) is 0 Å². The average molecular weight is 547 g/mol. The summed E-state index contributed by atoms with van der Waals surface area (Å²) in [5.41, 5.74) is 1.46. The number of H-pyrrole nitrogens is 2. The largest absolute Gasteiger partial charge is 0.497 e. The maximum absolute atomic E-state index is 13.1. The first-order chi connectivity index (χ1) is 19.0. The minimum absolute atomic E-state index is 0.0721. The van der Waals surface area contributed by atoms with E-state index in [1.807, 2.05) is 39.8 Å². The summed E-state index contributed by atoms with van der Waals surface area (Å²) >= 11 is 1.32. The molecule has 1 fully saturated rings. The van der Waals surface area contributed by atoms with Crippen LogP contribution in [0.15, 0.2) is 75.4 Å². The summed E-state index contributed by atoms with van der Waals surface area (Å²) in [5, 5.41) is 9.23. The summed E-state index contributed by atoms with van der Waals surface area (Å²) in [6, 6.07) is 19.2. The molecule has 0 unspecified atom stereocenters. The Morgan fingerprint density at radius 2 is 1.77 bits per heavy atom. The SMILES string of the molecule is COc1ccc(-n2c(Cc3cc(=O)[nH]c(=O)[nH]3)nnc2SCC(=O)N2CCC(Cc3ccccc3)CC2)cc1. The summed E-state index contributed by atoms with van der Waals surface area (Å²) in [7, 11) is 1.60. The van der Waals surface area contributed by atoms with Crippen LogP contribution < -0.4 is 16.0 Å². The molecule has 5 rings (SSSR count). The number of ether oxygens (including phenoxy) is 1. The molecule has 0 spiro atoms. The zero-order valence-corrected chi connectivity index (χ0v) is 22.4. The molecule has 1 amide bonds. The number of hydrogen-bond donors (Lipinski definition) is 2. The van der Waals surface area contributed by atoms with Crippen LogP contribution in [-0.2, 0) is 17.6 Å². The Hall–Kier alpha value is -4.12. The molecule has 39 heavy (non-hydrogen) atoms. The van der Waals surface area contributed by atoms with Crippen LogP contribution in [-0.4, -0.2) is 61.5 Å². The third-order valence-corrected chi connectivity index (χ3v) is 7.77. The molecule has 0 saturated carbocycles. The number of amides is 1. The highest BCUT2D eigenvalue weighted by Gasteiger charge is 2.24.